The minimum atomic E-state index is -0.237. The van der Waals surface area contributed by atoms with Crippen LogP contribution in [-0.4, -0.2) is 54.3 Å². The Balaban J connectivity index is 1.43. The third kappa shape index (κ3) is 5.05. The van der Waals surface area contributed by atoms with Crippen LogP contribution in [0.4, 0.5) is 0 Å². The highest BCUT2D eigenvalue weighted by Gasteiger charge is 2.28. The van der Waals surface area contributed by atoms with E-state index in [1.165, 1.54) is 5.56 Å². The van der Waals surface area contributed by atoms with E-state index in [0.717, 1.165) is 51.7 Å². The highest BCUT2D eigenvalue weighted by Crippen LogP contribution is 2.22. The summed E-state index contributed by atoms with van der Waals surface area (Å²) in [6, 6.07) is 10.6. The van der Waals surface area contributed by atoms with Gasteiger partial charge in [-0.25, -0.2) is 0 Å². The fourth-order valence-electron chi connectivity index (χ4n) is 4.06. The minimum absolute atomic E-state index is 0.0989. The third-order valence-corrected chi connectivity index (χ3v) is 5.60. The number of carbonyl (C=O) groups is 2. The minimum Gasteiger partial charge on any atom is -0.369 e. The highest BCUT2D eigenvalue weighted by molar-refractivity contribution is 5.79. The van der Waals surface area contributed by atoms with Gasteiger partial charge < -0.3 is 10.6 Å². The normalized spacial score (nSPS) is 22.7. The van der Waals surface area contributed by atoms with E-state index in [0.29, 0.717) is 19.0 Å². The predicted molar refractivity (Wildman–Crippen MR) is 97.8 cm³/mol. The van der Waals surface area contributed by atoms with E-state index in [9.17, 15) is 9.59 Å². The maximum Gasteiger partial charge on any atom is 0.236 e. The Morgan fingerprint density at radius 2 is 1.76 bits per heavy atom. The van der Waals surface area contributed by atoms with E-state index in [2.05, 4.69) is 29.2 Å². The summed E-state index contributed by atoms with van der Waals surface area (Å²) in [4.78, 5) is 28.0. The van der Waals surface area contributed by atoms with Gasteiger partial charge in [0.05, 0.1) is 12.5 Å². The first-order chi connectivity index (χ1) is 12.1. The zero-order valence-corrected chi connectivity index (χ0v) is 14.9. The van der Waals surface area contributed by atoms with Crippen LogP contribution in [0.25, 0.3) is 0 Å². The van der Waals surface area contributed by atoms with E-state index in [-0.39, 0.29) is 17.7 Å². The highest BCUT2D eigenvalue weighted by atomic mass is 16.2. The summed E-state index contributed by atoms with van der Waals surface area (Å²) in [5, 5.41) is 0. The summed E-state index contributed by atoms with van der Waals surface area (Å²) in [5.74, 6) is 0.529. The van der Waals surface area contributed by atoms with Crippen molar-refractivity contribution >= 4 is 11.8 Å². The number of primary amides is 1. The van der Waals surface area contributed by atoms with Crippen molar-refractivity contribution in [2.45, 2.75) is 32.1 Å². The second-order valence-electron chi connectivity index (χ2n) is 7.49. The second kappa shape index (κ2) is 8.48. The van der Waals surface area contributed by atoms with Crippen LogP contribution in [0.15, 0.2) is 30.3 Å². The number of hydrogen-bond donors (Lipinski definition) is 1. The summed E-state index contributed by atoms with van der Waals surface area (Å²) < 4.78 is 0. The molecule has 0 aliphatic carbocycles. The van der Waals surface area contributed by atoms with Crippen LogP contribution in [0, 0.1) is 11.8 Å². The molecule has 1 aromatic carbocycles. The first-order valence-electron chi connectivity index (χ1n) is 9.45. The van der Waals surface area contributed by atoms with Gasteiger partial charge in [0.15, 0.2) is 0 Å². The Morgan fingerprint density at radius 3 is 2.44 bits per heavy atom. The van der Waals surface area contributed by atoms with Gasteiger partial charge in [0.1, 0.15) is 0 Å². The van der Waals surface area contributed by atoms with E-state index < -0.39 is 0 Å². The molecule has 1 atom stereocenters. The van der Waals surface area contributed by atoms with Crippen molar-refractivity contribution in [2.75, 3.05) is 32.7 Å². The number of benzene rings is 1. The monoisotopic (exact) mass is 343 g/mol. The molecule has 1 aromatic rings. The van der Waals surface area contributed by atoms with Gasteiger partial charge in [-0.15, -0.1) is 0 Å². The fraction of sp³-hybridized carbons (Fsp3) is 0.600. The van der Waals surface area contributed by atoms with Crippen LogP contribution < -0.4 is 5.73 Å². The molecule has 0 aromatic heterocycles. The molecule has 0 unspecified atom stereocenters. The summed E-state index contributed by atoms with van der Waals surface area (Å²) in [7, 11) is 0. The predicted octanol–water partition coefficient (Wildman–Crippen LogP) is 1.66. The van der Waals surface area contributed by atoms with Gasteiger partial charge in [0.2, 0.25) is 11.8 Å². The Kier molecular flexibility index (Phi) is 6.08. The SMILES string of the molecule is NC(=O)[C@H]1CCCN(CC(=O)N2CCC(Cc3ccccc3)CC2)C1. The van der Waals surface area contributed by atoms with Gasteiger partial charge in [-0.2, -0.15) is 0 Å². The van der Waals surface area contributed by atoms with Gasteiger partial charge in [0.25, 0.3) is 0 Å². The molecule has 0 bridgehead atoms. The molecule has 2 fully saturated rings. The van der Waals surface area contributed by atoms with Gasteiger partial charge in [0, 0.05) is 19.6 Å². The lowest BCUT2D eigenvalue weighted by Crippen LogP contribution is -2.48. The van der Waals surface area contributed by atoms with Crippen LogP contribution in [0.1, 0.15) is 31.2 Å². The molecule has 2 aliphatic heterocycles. The summed E-state index contributed by atoms with van der Waals surface area (Å²) in [6.07, 6.45) is 5.05. The molecule has 136 valence electrons. The van der Waals surface area contributed by atoms with Crippen LogP contribution >= 0.6 is 0 Å². The molecule has 2 heterocycles. The maximum atomic E-state index is 12.6. The summed E-state index contributed by atoms with van der Waals surface area (Å²) in [6.45, 7) is 3.64. The Bertz CT molecular complexity index is 582. The van der Waals surface area contributed by atoms with Crippen molar-refractivity contribution in [1.29, 1.82) is 0 Å². The van der Waals surface area contributed by atoms with Crippen molar-refractivity contribution in [3.05, 3.63) is 35.9 Å². The van der Waals surface area contributed by atoms with Gasteiger partial charge >= 0.3 is 0 Å². The topological polar surface area (TPSA) is 66.6 Å². The zero-order chi connectivity index (χ0) is 17.6. The molecular formula is C20H29N3O2. The third-order valence-electron chi connectivity index (χ3n) is 5.60. The summed E-state index contributed by atoms with van der Waals surface area (Å²) >= 11 is 0. The number of carbonyl (C=O) groups excluding carboxylic acids is 2. The Morgan fingerprint density at radius 1 is 1.04 bits per heavy atom. The lowest BCUT2D eigenvalue weighted by molar-refractivity contribution is -0.135. The zero-order valence-electron chi connectivity index (χ0n) is 14.9. The number of amides is 2. The lowest BCUT2D eigenvalue weighted by Gasteiger charge is -2.35. The van der Waals surface area contributed by atoms with Crippen LogP contribution in [0.5, 0.6) is 0 Å². The largest absolute Gasteiger partial charge is 0.369 e. The molecule has 2 saturated heterocycles. The van der Waals surface area contributed by atoms with Crippen LogP contribution in [0.2, 0.25) is 0 Å². The van der Waals surface area contributed by atoms with Crippen molar-refractivity contribution in [3.63, 3.8) is 0 Å². The Hall–Kier alpha value is -1.88. The molecule has 0 spiro atoms. The van der Waals surface area contributed by atoms with E-state index in [1.54, 1.807) is 0 Å². The molecule has 0 radical (unpaired) electrons. The number of nitrogens with zero attached hydrogens (tertiary/aromatic N) is 2. The molecular weight excluding hydrogens is 314 g/mol. The van der Waals surface area contributed by atoms with Gasteiger partial charge in [-0.1, -0.05) is 30.3 Å². The average Bonchev–Trinajstić information content (AvgIpc) is 2.63. The van der Waals surface area contributed by atoms with Gasteiger partial charge in [-0.05, 0) is 50.1 Å². The number of hydrogen-bond acceptors (Lipinski definition) is 3. The second-order valence-corrected chi connectivity index (χ2v) is 7.49. The molecule has 5 heteroatoms. The van der Waals surface area contributed by atoms with E-state index in [1.807, 2.05) is 11.0 Å². The standard InChI is InChI=1S/C20H29N3O2/c21-20(25)18-7-4-10-22(14-18)15-19(24)23-11-8-17(9-12-23)13-16-5-2-1-3-6-16/h1-3,5-6,17-18H,4,7-15H2,(H2,21,25)/t18-/m0/s1. The first-order valence-corrected chi connectivity index (χ1v) is 9.45. The molecule has 25 heavy (non-hydrogen) atoms. The molecule has 2 amide bonds. The summed E-state index contributed by atoms with van der Waals surface area (Å²) in [5.41, 5.74) is 6.81. The van der Waals surface area contributed by atoms with E-state index >= 15 is 0 Å². The number of likely N-dealkylation sites (tertiary alicyclic amines) is 2. The van der Waals surface area contributed by atoms with E-state index in [4.69, 9.17) is 5.73 Å². The van der Waals surface area contributed by atoms with Crippen molar-refractivity contribution < 1.29 is 9.59 Å². The molecule has 2 aliphatic rings. The van der Waals surface area contributed by atoms with Crippen molar-refractivity contribution in [3.8, 4) is 0 Å². The smallest absolute Gasteiger partial charge is 0.236 e. The molecule has 2 N–H and O–H groups in total. The lowest BCUT2D eigenvalue weighted by atomic mass is 9.90. The molecule has 5 nitrogen and oxygen atoms in total. The molecule has 3 rings (SSSR count). The fourth-order valence-corrected chi connectivity index (χ4v) is 4.06. The van der Waals surface area contributed by atoms with Crippen LogP contribution in [-0.2, 0) is 16.0 Å². The number of nitrogens with two attached hydrogens (primary N) is 1. The quantitative estimate of drug-likeness (QED) is 0.884. The molecule has 0 saturated carbocycles. The van der Waals surface area contributed by atoms with Crippen LogP contribution in [0.3, 0.4) is 0 Å². The average molecular weight is 343 g/mol. The first kappa shape index (κ1) is 17.9. The van der Waals surface area contributed by atoms with Crippen molar-refractivity contribution in [2.24, 2.45) is 17.6 Å². The number of piperidine rings is 2. The Labute approximate surface area is 150 Å². The maximum absolute atomic E-state index is 12.6. The van der Waals surface area contributed by atoms with Gasteiger partial charge in [-0.3, -0.25) is 14.5 Å². The number of rotatable bonds is 5. The van der Waals surface area contributed by atoms with Crippen molar-refractivity contribution in [1.82, 2.24) is 9.80 Å².